The minimum Gasteiger partial charge on any atom is -0.493 e. The molecule has 3 rings (SSSR count). The molecule has 1 saturated carbocycles. The predicted octanol–water partition coefficient (Wildman–Crippen LogP) is 2.33. The summed E-state index contributed by atoms with van der Waals surface area (Å²) in [6.07, 6.45) is 2.23. The number of nitrogens with one attached hydrogen (secondary N) is 1. The van der Waals surface area contributed by atoms with Crippen LogP contribution in [-0.4, -0.2) is 24.2 Å². The fraction of sp³-hybridized carbons (Fsp3) is 0.333. The Labute approximate surface area is 116 Å². The van der Waals surface area contributed by atoms with E-state index in [2.05, 4.69) is 9.97 Å². The lowest BCUT2D eigenvalue weighted by Crippen LogP contribution is -2.10. The molecular weight excluding hydrogens is 256 g/mol. The van der Waals surface area contributed by atoms with Gasteiger partial charge in [0.25, 0.3) is 5.56 Å². The van der Waals surface area contributed by atoms with Gasteiger partial charge in [0, 0.05) is 17.5 Å². The molecule has 20 heavy (non-hydrogen) atoms. The highest BCUT2D eigenvalue weighted by Gasteiger charge is 2.26. The van der Waals surface area contributed by atoms with Crippen LogP contribution in [0.15, 0.2) is 29.1 Å². The van der Waals surface area contributed by atoms with Gasteiger partial charge in [-0.05, 0) is 31.0 Å². The zero-order valence-corrected chi connectivity index (χ0v) is 11.5. The van der Waals surface area contributed by atoms with E-state index in [9.17, 15) is 4.79 Å². The summed E-state index contributed by atoms with van der Waals surface area (Å²) in [5, 5.41) is 0. The predicted molar refractivity (Wildman–Crippen MR) is 75.4 cm³/mol. The lowest BCUT2D eigenvalue weighted by molar-refractivity contribution is 0.355. The summed E-state index contributed by atoms with van der Waals surface area (Å²) >= 11 is 0. The number of ether oxygens (including phenoxy) is 2. The van der Waals surface area contributed by atoms with Gasteiger partial charge in [-0.25, -0.2) is 4.98 Å². The van der Waals surface area contributed by atoms with Crippen molar-refractivity contribution in [2.45, 2.75) is 18.8 Å². The Morgan fingerprint density at radius 2 is 1.90 bits per heavy atom. The minimum absolute atomic E-state index is 0.119. The monoisotopic (exact) mass is 272 g/mol. The summed E-state index contributed by atoms with van der Waals surface area (Å²) in [5.74, 6) is 2.28. The van der Waals surface area contributed by atoms with E-state index in [1.54, 1.807) is 26.4 Å². The number of hydrogen-bond acceptors (Lipinski definition) is 4. The Balaban J connectivity index is 2.06. The van der Waals surface area contributed by atoms with Crippen LogP contribution in [0.5, 0.6) is 11.5 Å². The largest absolute Gasteiger partial charge is 0.493 e. The third-order valence-corrected chi connectivity index (χ3v) is 3.41. The molecule has 0 saturated heterocycles. The molecule has 0 amide bonds. The van der Waals surface area contributed by atoms with Crippen molar-refractivity contribution in [1.82, 2.24) is 9.97 Å². The van der Waals surface area contributed by atoms with Crippen molar-refractivity contribution in [1.29, 1.82) is 0 Å². The van der Waals surface area contributed by atoms with Gasteiger partial charge in [0.15, 0.2) is 11.5 Å². The van der Waals surface area contributed by atoms with E-state index in [4.69, 9.17) is 9.47 Å². The molecule has 0 unspecified atom stereocenters. The van der Waals surface area contributed by atoms with E-state index < -0.39 is 0 Å². The van der Waals surface area contributed by atoms with Crippen molar-refractivity contribution in [3.8, 4) is 22.9 Å². The molecule has 0 atom stereocenters. The second-order valence-electron chi connectivity index (χ2n) is 4.86. The third-order valence-electron chi connectivity index (χ3n) is 3.41. The molecule has 1 aromatic carbocycles. The van der Waals surface area contributed by atoms with Crippen molar-refractivity contribution in [3.63, 3.8) is 0 Å². The van der Waals surface area contributed by atoms with E-state index in [0.29, 0.717) is 23.2 Å². The zero-order valence-electron chi connectivity index (χ0n) is 11.5. The second-order valence-corrected chi connectivity index (χ2v) is 4.86. The number of benzene rings is 1. The highest BCUT2D eigenvalue weighted by atomic mass is 16.5. The fourth-order valence-electron chi connectivity index (χ4n) is 2.18. The van der Waals surface area contributed by atoms with Crippen molar-refractivity contribution in [2.75, 3.05) is 14.2 Å². The number of methoxy groups -OCH3 is 2. The lowest BCUT2D eigenvalue weighted by Gasteiger charge is -2.09. The van der Waals surface area contributed by atoms with Crippen molar-refractivity contribution >= 4 is 0 Å². The van der Waals surface area contributed by atoms with E-state index in [1.807, 2.05) is 12.1 Å². The van der Waals surface area contributed by atoms with Gasteiger partial charge in [0.05, 0.1) is 19.9 Å². The number of rotatable bonds is 4. The summed E-state index contributed by atoms with van der Waals surface area (Å²) in [6, 6.07) is 7.06. The highest BCUT2D eigenvalue weighted by Crippen LogP contribution is 2.39. The van der Waals surface area contributed by atoms with E-state index in [0.717, 1.165) is 24.1 Å². The second kappa shape index (κ2) is 5.00. The van der Waals surface area contributed by atoms with Crippen molar-refractivity contribution in [3.05, 3.63) is 40.3 Å². The van der Waals surface area contributed by atoms with Crippen LogP contribution in [0.4, 0.5) is 0 Å². The van der Waals surface area contributed by atoms with E-state index in [1.165, 1.54) is 0 Å². The molecule has 5 heteroatoms. The first-order valence-corrected chi connectivity index (χ1v) is 6.55. The Hall–Kier alpha value is -2.30. The average Bonchev–Trinajstić information content (AvgIpc) is 3.30. The van der Waals surface area contributed by atoms with Crippen LogP contribution in [0.3, 0.4) is 0 Å². The Morgan fingerprint density at radius 3 is 2.55 bits per heavy atom. The molecule has 1 fully saturated rings. The van der Waals surface area contributed by atoms with Crippen molar-refractivity contribution < 1.29 is 9.47 Å². The summed E-state index contributed by atoms with van der Waals surface area (Å²) in [6.45, 7) is 0. The van der Waals surface area contributed by atoms with Crippen LogP contribution >= 0.6 is 0 Å². The molecule has 1 N–H and O–H groups in total. The Morgan fingerprint density at radius 1 is 1.15 bits per heavy atom. The third kappa shape index (κ3) is 2.39. The first-order valence-electron chi connectivity index (χ1n) is 6.55. The molecule has 1 aliphatic carbocycles. The van der Waals surface area contributed by atoms with Gasteiger partial charge < -0.3 is 14.5 Å². The summed E-state index contributed by atoms with van der Waals surface area (Å²) in [5.41, 5.74) is 1.56. The fourth-order valence-corrected chi connectivity index (χ4v) is 2.18. The Bertz CT molecular complexity index is 690. The number of H-pyrrole nitrogens is 1. The number of nitrogens with zero attached hydrogens (tertiary/aromatic N) is 1. The van der Waals surface area contributed by atoms with Gasteiger partial charge >= 0.3 is 0 Å². The molecule has 0 radical (unpaired) electrons. The molecule has 1 heterocycles. The summed E-state index contributed by atoms with van der Waals surface area (Å²) in [7, 11) is 3.17. The molecule has 0 bridgehead atoms. The van der Waals surface area contributed by atoms with Crippen LogP contribution in [0, 0.1) is 0 Å². The van der Waals surface area contributed by atoms with Gasteiger partial charge in [-0.1, -0.05) is 0 Å². The molecule has 0 aliphatic heterocycles. The molecular formula is C15H16N2O3. The number of hydrogen-bond donors (Lipinski definition) is 1. The summed E-state index contributed by atoms with van der Waals surface area (Å²) < 4.78 is 10.5. The normalized spacial score (nSPS) is 14.1. The number of aromatic amines is 1. The van der Waals surface area contributed by atoms with E-state index >= 15 is 0 Å². The van der Waals surface area contributed by atoms with Crippen LogP contribution < -0.4 is 15.0 Å². The van der Waals surface area contributed by atoms with Gasteiger partial charge in [-0.2, -0.15) is 0 Å². The van der Waals surface area contributed by atoms with Crippen molar-refractivity contribution in [2.24, 2.45) is 0 Å². The number of aromatic nitrogens is 2. The quantitative estimate of drug-likeness (QED) is 0.927. The standard InChI is InChI=1S/C15H16N2O3/c1-19-12-6-5-10(7-13(12)20-2)15-16-11(9-3-4-9)8-14(18)17-15/h5-9H,3-4H2,1-2H3,(H,16,17,18). The van der Waals surface area contributed by atoms with Gasteiger partial charge in [-0.3, -0.25) is 4.79 Å². The maximum Gasteiger partial charge on any atom is 0.251 e. The van der Waals surface area contributed by atoms with Crippen LogP contribution in [0.25, 0.3) is 11.4 Å². The minimum atomic E-state index is -0.119. The summed E-state index contributed by atoms with van der Waals surface area (Å²) in [4.78, 5) is 19.1. The SMILES string of the molecule is COc1ccc(-c2nc(C3CC3)cc(=O)[nH]2)cc1OC. The molecule has 0 spiro atoms. The lowest BCUT2D eigenvalue weighted by atomic mass is 10.1. The maximum atomic E-state index is 11.7. The molecule has 5 nitrogen and oxygen atoms in total. The van der Waals surface area contributed by atoms with Crippen LogP contribution in [-0.2, 0) is 0 Å². The molecule has 1 aliphatic rings. The zero-order chi connectivity index (χ0) is 14.1. The first-order chi connectivity index (χ1) is 9.71. The topological polar surface area (TPSA) is 64.2 Å². The molecule has 104 valence electrons. The first kappa shape index (κ1) is 12.7. The maximum absolute atomic E-state index is 11.7. The van der Waals surface area contributed by atoms with E-state index in [-0.39, 0.29) is 5.56 Å². The van der Waals surface area contributed by atoms with Gasteiger partial charge in [-0.15, -0.1) is 0 Å². The molecule has 2 aromatic rings. The van der Waals surface area contributed by atoms with Gasteiger partial charge in [0.1, 0.15) is 5.82 Å². The average molecular weight is 272 g/mol. The smallest absolute Gasteiger partial charge is 0.251 e. The van der Waals surface area contributed by atoms with Crippen LogP contribution in [0.2, 0.25) is 0 Å². The highest BCUT2D eigenvalue weighted by molar-refractivity contribution is 5.61. The Kier molecular flexibility index (Phi) is 3.18. The molecule has 1 aromatic heterocycles. The van der Waals surface area contributed by atoms with Crippen LogP contribution in [0.1, 0.15) is 24.5 Å². The van der Waals surface area contributed by atoms with Gasteiger partial charge in [0.2, 0.25) is 0 Å².